The highest BCUT2D eigenvalue weighted by Crippen LogP contribution is 2.18. The third-order valence-electron chi connectivity index (χ3n) is 4.54. The van der Waals surface area contributed by atoms with Crippen LogP contribution >= 0.6 is 0 Å². The van der Waals surface area contributed by atoms with Crippen LogP contribution < -0.4 is 4.74 Å². The molecule has 1 amide bonds. The van der Waals surface area contributed by atoms with Crippen molar-refractivity contribution < 1.29 is 9.53 Å². The van der Waals surface area contributed by atoms with Gasteiger partial charge in [0.1, 0.15) is 5.75 Å². The molecule has 1 aliphatic rings. The number of hydrogen-bond acceptors (Lipinski definition) is 5. The monoisotopic (exact) mass is 349 g/mol. The van der Waals surface area contributed by atoms with Gasteiger partial charge in [0.25, 0.3) is 5.91 Å². The van der Waals surface area contributed by atoms with Gasteiger partial charge in [-0.1, -0.05) is 12.1 Å². The minimum atomic E-state index is -0.00607. The molecule has 0 atom stereocenters. The largest absolute Gasteiger partial charge is 0.497 e. The summed E-state index contributed by atoms with van der Waals surface area (Å²) in [5.74, 6) is 0.814. The molecule has 7 heteroatoms. The van der Waals surface area contributed by atoms with Crippen molar-refractivity contribution in [1.29, 1.82) is 0 Å². The number of ether oxygens (including phenoxy) is 1. The van der Waals surface area contributed by atoms with Crippen molar-refractivity contribution in [2.75, 3.05) is 13.7 Å². The predicted molar refractivity (Wildman–Crippen MR) is 94.8 cm³/mol. The molecule has 4 rings (SSSR count). The number of benzene rings is 1. The maximum absolute atomic E-state index is 12.8. The summed E-state index contributed by atoms with van der Waals surface area (Å²) >= 11 is 0. The van der Waals surface area contributed by atoms with Crippen LogP contribution in [0.3, 0.4) is 0 Å². The number of carbonyl (C=O) groups is 1. The molecule has 2 aromatic heterocycles. The van der Waals surface area contributed by atoms with Crippen LogP contribution in [0.25, 0.3) is 0 Å². The Labute approximate surface area is 151 Å². The first kappa shape index (κ1) is 16.3. The minimum absolute atomic E-state index is 0.00607. The SMILES string of the molecule is COc1ccc(Cn2cc(C(=O)N3CCc4nnccc4C3)cn2)cc1. The van der Waals surface area contributed by atoms with E-state index in [9.17, 15) is 4.79 Å². The van der Waals surface area contributed by atoms with Crippen molar-refractivity contribution in [3.8, 4) is 5.75 Å². The molecule has 0 N–H and O–H groups in total. The van der Waals surface area contributed by atoms with Crippen molar-refractivity contribution in [3.63, 3.8) is 0 Å². The summed E-state index contributed by atoms with van der Waals surface area (Å²) in [5, 5.41) is 12.4. The summed E-state index contributed by atoms with van der Waals surface area (Å²) in [7, 11) is 1.64. The molecule has 3 aromatic rings. The van der Waals surface area contributed by atoms with E-state index in [1.54, 1.807) is 30.4 Å². The molecule has 0 unspecified atom stereocenters. The van der Waals surface area contributed by atoms with Crippen molar-refractivity contribution >= 4 is 5.91 Å². The fourth-order valence-electron chi connectivity index (χ4n) is 3.10. The molecule has 0 saturated carbocycles. The van der Waals surface area contributed by atoms with Crippen LogP contribution in [0, 0.1) is 0 Å². The lowest BCUT2D eigenvalue weighted by molar-refractivity contribution is 0.0733. The molecular formula is C19H19N5O2. The van der Waals surface area contributed by atoms with Crippen LogP contribution in [0.2, 0.25) is 0 Å². The average molecular weight is 349 g/mol. The first-order chi connectivity index (χ1) is 12.7. The van der Waals surface area contributed by atoms with E-state index in [2.05, 4.69) is 15.3 Å². The zero-order chi connectivity index (χ0) is 17.9. The number of aromatic nitrogens is 4. The van der Waals surface area contributed by atoms with Gasteiger partial charge in [-0.05, 0) is 29.3 Å². The van der Waals surface area contributed by atoms with E-state index in [0.717, 1.165) is 29.0 Å². The van der Waals surface area contributed by atoms with Gasteiger partial charge in [-0.3, -0.25) is 9.48 Å². The first-order valence-electron chi connectivity index (χ1n) is 8.47. The minimum Gasteiger partial charge on any atom is -0.497 e. The van der Waals surface area contributed by atoms with E-state index < -0.39 is 0 Å². The molecule has 0 radical (unpaired) electrons. The number of nitrogens with zero attached hydrogens (tertiary/aromatic N) is 5. The zero-order valence-corrected chi connectivity index (χ0v) is 14.5. The number of methoxy groups -OCH3 is 1. The Bertz CT molecular complexity index is 920. The van der Waals surface area contributed by atoms with Gasteiger partial charge in [0.15, 0.2) is 0 Å². The van der Waals surface area contributed by atoms with E-state index in [4.69, 9.17) is 4.74 Å². The van der Waals surface area contributed by atoms with E-state index in [1.807, 2.05) is 35.2 Å². The summed E-state index contributed by atoms with van der Waals surface area (Å²) in [6.07, 6.45) is 5.83. The highest BCUT2D eigenvalue weighted by atomic mass is 16.5. The lowest BCUT2D eigenvalue weighted by Crippen LogP contribution is -2.36. The van der Waals surface area contributed by atoms with E-state index in [1.165, 1.54) is 0 Å². The Morgan fingerprint density at radius 2 is 2.08 bits per heavy atom. The molecule has 0 saturated heterocycles. The highest BCUT2D eigenvalue weighted by molar-refractivity contribution is 5.93. The van der Waals surface area contributed by atoms with Gasteiger partial charge in [0.05, 0.1) is 31.1 Å². The normalized spacial score (nSPS) is 13.3. The molecule has 0 fully saturated rings. The molecular weight excluding hydrogens is 330 g/mol. The van der Waals surface area contributed by atoms with Crippen molar-refractivity contribution in [1.82, 2.24) is 24.9 Å². The van der Waals surface area contributed by atoms with Gasteiger partial charge < -0.3 is 9.64 Å². The van der Waals surface area contributed by atoms with Crippen molar-refractivity contribution in [2.24, 2.45) is 0 Å². The molecule has 1 aromatic carbocycles. The summed E-state index contributed by atoms with van der Waals surface area (Å²) in [4.78, 5) is 14.6. The summed E-state index contributed by atoms with van der Waals surface area (Å²) in [6.45, 7) is 1.82. The van der Waals surface area contributed by atoms with Gasteiger partial charge in [0, 0.05) is 31.9 Å². The Balaban J connectivity index is 1.45. The van der Waals surface area contributed by atoms with E-state index >= 15 is 0 Å². The zero-order valence-electron chi connectivity index (χ0n) is 14.5. The molecule has 1 aliphatic heterocycles. The second-order valence-corrected chi connectivity index (χ2v) is 6.25. The third kappa shape index (κ3) is 3.28. The second-order valence-electron chi connectivity index (χ2n) is 6.25. The van der Waals surface area contributed by atoms with Crippen LogP contribution in [0.1, 0.15) is 27.2 Å². The molecule has 7 nitrogen and oxygen atoms in total. The van der Waals surface area contributed by atoms with Gasteiger partial charge in [-0.2, -0.15) is 15.3 Å². The number of fused-ring (bicyclic) bond motifs is 1. The smallest absolute Gasteiger partial charge is 0.257 e. The predicted octanol–water partition coefficient (Wildman–Crippen LogP) is 1.93. The Kier molecular flexibility index (Phi) is 4.35. The molecule has 132 valence electrons. The number of carbonyl (C=O) groups excluding carboxylic acids is 1. The average Bonchev–Trinajstić information content (AvgIpc) is 3.16. The van der Waals surface area contributed by atoms with Gasteiger partial charge in [-0.15, -0.1) is 0 Å². The van der Waals surface area contributed by atoms with E-state index in [0.29, 0.717) is 25.2 Å². The van der Waals surface area contributed by atoms with Gasteiger partial charge in [0.2, 0.25) is 0 Å². The first-order valence-corrected chi connectivity index (χ1v) is 8.47. The quantitative estimate of drug-likeness (QED) is 0.720. The Hall–Kier alpha value is -3.22. The highest BCUT2D eigenvalue weighted by Gasteiger charge is 2.23. The number of amides is 1. The number of hydrogen-bond donors (Lipinski definition) is 0. The van der Waals surface area contributed by atoms with Crippen LogP contribution in [-0.4, -0.2) is 44.4 Å². The molecule has 0 spiro atoms. The molecule has 0 bridgehead atoms. The molecule has 3 heterocycles. The standard InChI is InChI=1S/C19H19N5O2/c1-26-17-4-2-14(3-5-17)11-24-13-16(10-21-24)19(25)23-9-7-18-15(12-23)6-8-20-22-18/h2-6,8,10,13H,7,9,11-12H2,1H3. The van der Waals surface area contributed by atoms with Crippen molar-refractivity contribution in [2.45, 2.75) is 19.5 Å². The van der Waals surface area contributed by atoms with Crippen LogP contribution in [0.15, 0.2) is 48.9 Å². The van der Waals surface area contributed by atoms with Crippen LogP contribution in [0.5, 0.6) is 5.75 Å². The third-order valence-corrected chi connectivity index (χ3v) is 4.54. The molecule has 0 aliphatic carbocycles. The fraction of sp³-hybridized carbons (Fsp3) is 0.263. The van der Waals surface area contributed by atoms with Crippen molar-refractivity contribution in [3.05, 3.63) is 71.3 Å². The maximum atomic E-state index is 12.8. The Morgan fingerprint density at radius 3 is 2.88 bits per heavy atom. The topological polar surface area (TPSA) is 73.1 Å². The number of rotatable bonds is 4. The van der Waals surface area contributed by atoms with Crippen LogP contribution in [0.4, 0.5) is 0 Å². The fourth-order valence-corrected chi connectivity index (χ4v) is 3.10. The Morgan fingerprint density at radius 1 is 1.23 bits per heavy atom. The summed E-state index contributed by atoms with van der Waals surface area (Å²) in [5.41, 5.74) is 3.74. The lowest BCUT2D eigenvalue weighted by atomic mass is 10.1. The second kappa shape index (κ2) is 6.95. The van der Waals surface area contributed by atoms with Gasteiger partial charge in [-0.25, -0.2) is 0 Å². The lowest BCUT2D eigenvalue weighted by Gasteiger charge is -2.27. The molecule has 26 heavy (non-hydrogen) atoms. The summed E-state index contributed by atoms with van der Waals surface area (Å²) in [6, 6.07) is 9.74. The summed E-state index contributed by atoms with van der Waals surface area (Å²) < 4.78 is 6.94. The maximum Gasteiger partial charge on any atom is 0.257 e. The van der Waals surface area contributed by atoms with Crippen LogP contribution in [-0.2, 0) is 19.5 Å². The van der Waals surface area contributed by atoms with Gasteiger partial charge >= 0.3 is 0 Å². The van der Waals surface area contributed by atoms with E-state index in [-0.39, 0.29) is 5.91 Å².